The van der Waals surface area contributed by atoms with E-state index in [1.165, 1.54) is 82.8 Å². The first kappa shape index (κ1) is 44.1. The molecule has 0 bridgehead atoms. The zero-order chi connectivity index (χ0) is 38.1. The first-order valence-corrected chi connectivity index (χ1v) is 42.7. The van der Waals surface area contributed by atoms with E-state index in [2.05, 4.69) is 91.4 Å². The van der Waals surface area contributed by atoms with Gasteiger partial charge in [0.05, 0.1) is 0 Å². The first-order valence-electron chi connectivity index (χ1n) is 21.1. The molecule has 4 heterocycles. The van der Waals surface area contributed by atoms with Gasteiger partial charge in [0, 0.05) is 0 Å². The van der Waals surface area contributed by atoms with Crippen LogP contribution in [0.5, 0.6) is 0 Å². The third kappa shape index (κ3) is 11.3. The molecular weight excluding hydrogens is 890 g/mol. The molecule has 0 saturated heterocycles. The Balaban J connectivity index is 1.88. The molecule has 2 unspecified atom stereocenters. The predicted octanol–water partition coefficient (Wildman–Crippen LogP) is 12.3. The SMILES string of the molecule is CCCCCCC(CCCC)CN1C(=O)C2=C(c3cc[c]([Sn]([CH3])([CH3])[CH3])s3)N(CC(CCCC)CCCCCC)C(=O)C2=C1c1cc[c]([Sn]([CH3])([CH3])[CH3])s1. The van der Waals surface area contributed by atoms with Gasteiger partial charge in [0.1, 0.15) is 0 Å². The van der Waals surface area contributed by atoms with Crippen molar-refractivity contribution >= 4 is 88.4 Å². The zero-order valence-corrected chi connectivity index (χ0v) is 42.1. The number of rotatable bonds is 24. The molecule has 2 amide bonds. The summed E-state index contributed by atoms with van der Waals surface area (Å²) in [5, 5.41) is 0. The molecule has 4 nitrogen and oxygen atoms in total. The number of hydrogen-bond acceptors (Lipinski definition) is 4. The van der Waals surface area contributed by atoms with Crippen molar-refractivity contribution in [3.63, 3.8) is 0 Å². The molecule has 52 heavy (non-hydrogen) atoms. The van der Waals surface area contributed by atoms with E-state index in [-0.39, 0.29) is 11.8 Å². The molecule has 0 N–H and O–H groups in total. The van der Waals surface area contributed by atoms with Crippen molar-refractivity contribution < 1.29 is 9.59 Å². The molecule has 290 valence electrons. The molecular formula is C44H72N2O2S2Sn2. The molecule has 2 aliphatic rings. The zero-order valence-electron chi connectivity index (χ0n) is 34.7. The van der Waals surface area contributed by atoms with Crippen molar-refractivity contribution in [1.29, 1.82) is 0 Å². The van der Waals surface area contributed by atoms with Crippen LogP contribution < -0.4 is 5.79 Å². The van der Waals surface area contributed by atoms with E-state index in [1.54, 1.807) is 0 Å². The Morgan fingerprint density at radius 2 is 0.846 bits per heavy atom. The summed E-state index contributed by atoms with van der Waals surface area (Å²) in [7, 11) is 0. The Labute approximate surface area is 335 Å². The number of nitrogens with zero attached hydrogens (tertiary/aromatic N) is 2. The fraction of sp³-hybridized carbons (Fsp3) is 0.682. The average molecular weight is 963 g/mol. The Hall–Kier alpha value is -0.583. The average Bonchev–Trinajstić information content (AvgIpc) is 3.88. The molecule has 0 aromatic carbocycles. The summed E-state index contributed by atoms with van der Waals surface area (Å²) >= 11 is -1.05. The van der Waals surface area contributed by atoms with E-state index in [0.29, 0.717) is 36.1 Å². The molecule has 0 saturated carbocycles. The van der Waals surface area contributed by atoms with Crippen LogP contribution in [0.4, 0.5) is 0 Å². The van der Waals surface area contributed by atoms with Crippen LogP contribution in [0, 0.1) is 11.8 Å². The Morgan fingerprint density at radius 1 is 0.500 bits per heavy atom. The number of carbonyl (C=O) groups excluding carboxylic acids is 2. The van der Waals surface area contributed by atoms with Gasteiger partial charge < -0.3 is 0 Å². The summed E-state index contributed by atoms with van der Waals surface area (Å²) in [4.78, 5) is 51.7. The molecule has 4 rings (SSSR count). The minimum absolute atomic E-state index is 0.0717. The van der Waals surface area contributed by atoms with Gasteiger partial charge in [-0.2, -0.15) is 0 Å². The second-order valence-electron chi connectivity index (χ2n) is 17.8. The van der Waals surface area contributed by atoms with Crippen molar-refractivity contribution in [3.8, 4) is 0 Å². The molecule has 0 radical (unpaired) electrons. The van der Waals surface area contributed by atoms with Gasteiger partial charge in [-0.15, -0.1) is 0 Å². The fourth-order valence-electron chi connectivity index (χ4n) is 7.87. The van der Waals surface area contributed by atoms with Crippen LogP contribution in [-0.2, 0) is 9.59 Å². The molecule has 8 heteroatoms. The molecule has 0 fully saturated rings. The number of amides is 2. The van der Waals surface area contributed by atoms with Gasteiger partial charge in [0.2, 0.25) is 0 Å². The Kier molecular flexibility index (Phi) is 17.4. The number of carbonyl (C=O) groups is 2. The Morgan fingerprint density at radius 3 is 1.15 bits per heavy atom. The van der Waals surface area contributed by atoms with Crippen LogP contribution in [0.1, 0.15) is 140 Å². The van der Waals surface area contributed by atoms with Crippen LogP contribution in [0.25, 0.3) is 11.4 Å². The summed E-state index contributed by atoms with van der Waals surface area (Å²) in [6.45, 7) is 10.5. The van der Waals surface area contributed by atoms with Crippen LogP contribution in [0.2, 0.25) is 29.6 Å². The second-order valence-corrected chi connectivity index (χ2v) is 50.8. The molecule has 0 spiro atoms. The summed E-state index contributed by atoms with van der Waals surface area (Å²) < 4.78 is 3.00. The topological polar surface area (TPSA) is 40.6 Å². The second kappa shape index (κ2) is 20.5. The van der Waals surface area contributed by atoms with Crippen molar-refractivity contribution in [2.75, 3.05) is 13.1 Å². The standard InChI is InChI=1S/C38H54N2O2S2.6CH3.2Sn/c1-5-9-13-15-21-29(19-11-7-3)27-39-35(31-23-17-25-43-31)33-34(37(39)41)36(32-24-18-26-44-32)40(38(33)42)28-30(20-12-8-4)22-16-14-10-6-2;;;;;;;;/h17-18,23-24,29-30H,5-16,19-22,27-28H2,1-4H3;6*1H3;;. The first-order chi connectivity index (χ1) is 24.8. The van der Waals surface area contributed by atoms with E-state index < -0.39 is 36.8 Å². The van der Waals surface area contributed by atoms with E-state index >= 15 is 9.59 Å². The van der Waals surface area contributed by atoms with Gasteiger partial charge in [0.15, 0.2) is 0 Å². The third-order valence-electron chi connectivity index (χ3n) is 11.1. The quantitative estimate of drug-likeness (QED) is 0.0777. The van der Waals surface area contributed by atoms with Gasteiger partial charge >= 0.3 is 324 Å². The van der Waals surface area contributed by atoms with Gasteiger partial charge in [-0.1, -0.05) is 13.8 Å². The summed E-state index contributed by atoms with van der Waals surface area (Å²) in [6, 6.07) is 9.15. The van der Waals surface area contributed by atoms with E-state index in [1.807, 2.05) is 22.7 Å². The number of hydrogen-bond donors (Lipinski definition) is 0. The molecule has 2 aromatic rings. The van der Waals surface area contributed by atoms with Crippen LogP contribution in [0.15, 0.2) is 35.4 Å². The van der Waals surface area contributed by atoms with Crippen LogP contribution in [-0.4, -0.2) is 71.5 Å². The molecule has 2 aliphatic heterocycles. The monoisotopic (exact) mass is 964 g/mol. The summed E-state index contributed by atoms with van der Waals surface area (Å²) in [6.07, 6.45) is 19.2. The minimum atomic E-state index is -2.39. The van der Waals surface area contributed by atoms with Crippen molar-refractivity contribution in [3.05, 3.63) is 45.2 Å². The van der Waals surface area contributed by atoms with Crippen molar-refractivity contribution in [2.45, 2.75) is 160 Å². The van der Waals surface area contributed by atoms with Crippen molar-refractivity contribution in [1.82, 2.24) is 9.80 Å². The third-order valence-corrected chi connectivity index (χ3v) is 32.2. The van der Waals surface area contributed by atoms with Crippen LogP contribution >= 0.6 is 22.7 Å². The fourth-order valence-corrected chi connectivity index (χ4v) is 20.6. The number of thiophene rings is 2. The van der Waals surface area contributed by atoms with Gasteiger partial charge in [-0.05, 0) is 0 Å². The van der Waals surface area contributed by atoms with Crippen LogP contribution in [0.3, 0.4) is 0 Å². The maximum atomic E-state index is 15.2. The summed E-state index contributed by atoms with van der Waals surface area (Å²) in [5.74, 6) is 1.03. The predicted molar refractivity (Wildman–Crippen MR) is 235 cm³/mol. The van der Waals surface area contributed by atoms with Gasteiger partial charge in [-0.25, -0.2) is 0 Å². The number of fused-ring (bicyclic) bond motifs is 1. The van der Waals surface area contributed by atoms with Crippen molar-refractivity contribution in [2.24, 2.45) is 11.8 Å². The molecule has 0 aliphatic carbocycles. The molecule has 2 atom stereocenters. The van der Waals surface area contributed by atoms with E-state index in [0.717, 1.165) is 46.8 Å². The molecule has 2 aromatic heterocycles. The van der Waals surface area contributed by atoms with E-state index in [4.69, 9.17) is 0 Å². The van der Waals surface area contributed by atoms with Gasteiger partial charge in [-0.3, -0.25) is 0 Å². The van der Waals surface area contributed by atoms with Gasteiger partial charge in [0.25, 0.3) is 0 Å². The maximum absolute atomic E-state index is 15.2. The summed E-state index contributed by atoms with van der Waals surface area (Å²) in [5.41, 5.74) is 3.25. The normalized spacial score (nSPS) is 16.6. The Bertz CT molecular complexity index is 1420. The number of unbranched alkanes of at least 4 members (excludes halogenated alkanes) is 8. The van der Waals surface area contributed by atoms with E-state index in [9.17, 15) is 0 Å².